The minimum atomic E-state index is -4.59. The molecule has 0 radical (unpaired) electrons. The first-order chi connectivity index (χ1) is 18.1. The Morgan fingerprint density at radius 2 is 2.00 bits per heavy atom. The van der Waals surface area contributed by atoms with Gasteiger partial charge in [-0.05, 0) is 62.5 Å². The van der Waals surface area contributed by atoms with E-state index in [9.17, 15) is 18.0 Å². The second-order valence-electron chi connectivity index (χ2n) is 8.89. The first kappa shape index (κ1) is 27.0. The van der Waals surface area contributed by atoms with E-state index in [1.54, 1.807) is 42.6 Å². The third-order valence-electron chi connectivity index (χ3n) is 6.20. The summed E-state index contributed by atoms with van der Waals surface area (Å²) in [6.45, 7) is 4.64. The van der Waals surface area contributed by atoms with E-state index in [0.717, 1.165) is 29.0 Å². The van der Waals surface area contributed by atoms with Gasteiger partial charge in [-0.3, -0.25) is 14.8 Å². The number of amides is 1. The van der Waals surface area contributed by atoms with Crippen molar-refractivity contribution >= 4 is 23.0 Å². The predicted molar refractivity (Wildman–Crippen MR) is 140 cm³/mol. The summed E-state index contributed by atoms with van der Waals surface area (Å²) in [4.78, 5) is 19.2. The molecule has 1 aliphatic rings. The fourth-order valence-electron chi connectivity index (χ4n) is 4.02. The summed E-state index contributed by atoms with van der Waals surface area (Å²) >= 11 is 0. The summed E-state index contributed by atoms with van der Waals surface area (Å²) in [6, 6.07) is 10.7. The Balaban J connectivity index is 1.65. The van der Waals surface area contributed by atoms with Crippen LogP contribution in [0.15, 0.2) is 61.1 Å². The maximum absolute atomic E-state index is 13.7. The summed E-state index contributed by atoms with van der Waals surface area (Å²) in [7, 11) is 3.16. The average molecular weight is 527 g/mol. The number of hydrogen-bond acceptors (Lipinski definition) is 7. The van der Waals surface area contributed by atoms with Gasteiger partial charge in [0, 0.05) is 41.8 Å². The first-order valence-corrected chi connectivity index (χ1v) is 11.9. The van der Waals surface area contributed by atoms with Crippen LogP contribution >= 0.6 is 0 Å². The van der Waals surface area contributed by atoms with Crippen LogP contribution in [0, 0.1) is 6.92 Å². The number of carbonyl (C=O) groups excluding carboxylic acids is 1. The van der Waals surface area contributed by atoms with Crippen LogP contribution in [0.1, 0.15) is 39.5 Å². The molecule has 4 rings (SSSR count). The molecule has 11 heteroatoms. The summed E-state index contributed by atoms with van der Waals surface area (Å²) in [6.07, 6.45) is 0.638. The summed E-state index contributed by atoms with van der Waals surface area (Å²) in [5.74, 6) is -0.379. The quantitative estimate of drug-likeness (QED) is 0.383. The van der Waals surface area contributed by atoms with Crippen LogP contribution < -0.4 is 26.0 Å². The van der Waals surface area contributed by atoms with Crippen molar-refractivity contribution in [2.45, 2.75) is 26.6 Å². The van der Waals surface area contributed by atoms with Crippen molar-refractivity contribution in [3.8, 4) is 5.75 Å². The zero-order valence-electron chi connectivity index (χ0n) is 21.5. The van der Waals surface area contributed by atoms with Crippen LogP contribution in [0.5, 0.6) is 5.75 Å². The third-order valence-corrected chi connectivity index (χ3v) is 6.20. The fourth-order valence-corrected chi connectivity index (χ4v) is 4.02. The number of benzene rings is 2. The van der Waals surface area contributed by atoms with Crippen molar-refractivity contribution in [2.75, 3.05) is 31.0 Å². The first-order valence-electron chi connectivity index (χ1n) is 11.9. The van der Waals surface area contributed by atoms with Gasteiger partial charge in [-0.25, -0.2) is 0 Å². The summed E-state index contributed by atoms with van der Waals surface area (Å²) in [5, 5.41) is 4.35. The minimum absolute atomic E-state index is 0.0475. The molecule has 3 aromatic rings. The molecule has 0 aliphatic carbocycles. The predicted octanol–water partition coefficient (Wildman–Crippen LogP) is 4.95. The highest BCUT2D eigenvalue weighted by Crippen LogP contribution is 2.38. The molecule has 0 fully saturated rings. The standard InChI is InChI=1S/C27H29F3N6O2/c1-5-35(3)15-20-11-21(27(28,29)30)13-22(25(20)38-4)32-26(37)18-9-8-17(2)24(12-18)36-16-23(33-34-36)19-7-6-10-31-14-19/h6-14,16,33-34H,5,15H2,1-4H3,(H,32,37). The van der Waals surface area contributed by atoms with Gasteiger partial charge >= 0.3 is 6.18 Å². The van der Waals surface area contributed by atoms with E-state index in [-0.39, 0.29) is 23.5 Å². The Morgan fingerprint density at radius 1 is 1.21 bits per heavy atom. The van der Waals surface area contributed by atoms with Crippen LogP contribution in [0.3, 0.4) is 0 Å². The molecule has 0 unspecified atom stereocenters. The summed E-state index contributed by atoms with van der Waals surface area (Å²) < 4.78 is 46.5. The van der Waals surface area contributed by atoms with E-state index in [2.05, 4.69) is 21.3 Å². The molecule has 0 saturated carbocycles. The van der Waals surface area contributed by atoms with Gasteiger partial charge in [-0.1, -0.05) is 13.0 Å². The molecule has 8 nitrogen and oxygen atoms in total. The Kier molecular flexibility index (Phi) is 7.88. The van der Waals surface area contributed by atoms with Gasteiger partial charge in [0.2, 0.25) is 0 Å². The molecular formula is C27H29F3N6O2. The molecule has 0 bridgehead atoms. The molecule has 1 aromatic heterocycles. The van der Waals surface area contributed by atoms with Gasteiger partial charge in [0.25, 0.3) is 5.91 Å². The van der Waals surface area contributed by atoms with Gasteiger partial charge in [0.15, 0.2) is 0 Å². The molecule has 200 valence electrons. The minimum Gasteiger partial charge on any atom is -0.494 e. The average Bonchev–Trinajstić information content (AvgIpc) is 3.39. The van der Waals surface area contributed by atoms with Gasteiger partial charge < -0.3 is 20.4 Å². The van der Waals surface area contributed by atoms with E-state index in [1.165, 1.54) is 7.11 Å². The molecule has 2 aromatic carbocycles. The van der Waals surface area contributed by atoms with Gasteiger partial charge in [0.05, 0.1) is 29.7 Å². The van der Waals surface area contributed by atoms with Crippen LogP contribution in [0.4, 0.5) is 24.5 Å². The smallest absolute Gasteiger partial charge is 0.416 e. The molecule has 0 atom stereocenters. The number of anilines is 2. The largest absolute Gasteiger partial charge is 0.494 e. The van der Waals surface area contributed by atoms with Gasteiger partial charge in [0.1, 0.15) is 5.75 Å². The topological polar surface area (TPSA) is 81.8 Å². The lowest BCUT2D eigenvalue weighted by Crippen LogP contribution is -2.36. The molecule has 1 aliphatic heterocycles. The highest BCUT2D eigenvalue weighted by atomic mass is 19.4. The second-order valence-corrected chi connectivity index (χ2v) is 8.89. The number of methoxy groups -OCH3 is 1. The Morgan fingerprint density at radius 3 is 2.66 bits per heavy atom. The number of carbonyl (C=O) groups is 1. The van der Waals surface area contributed by atoms with E-state index in [1.807, 2.05) is 37.1 Å². The van der Waals surface area contributed by atoms with E-state index in [4.69, 9.17) is 4.74 Å². The monoisotopic (exact) mass is 526 g/mol. The molecule has 38 heavy (non-hydrogen) atoms. The van der Waals surface area contributed by atoms with Crippen LogP contribution in [0.25, 0.3) is 5.70 Å². The van der Waals surface area contributed by atoms with Crippen molar-refractivity contribution in [2.24, 2.45) is 0 Å². The van der Waals surface area contributed by atoms with Crippen LogP contribution in [0.2, 0.25) is 0 Å². The van der Waals surface area contributed by atoms with E-state index >= 15 is 0 Å². The molecule has 3 N–H and O–H groups in total. The highest BCUT2D eigenvalue weighted by Gasteiger charge is 2.33. The number of ether oxygens (including phenoxy) is 1. The number of aryl methyl sites for hydroxylation is 1. The fraction of sp³-hybridized carbons (Fsp3) is 0.259. The number of nitrogens with one attached hydrogen (secondary N) is 3. The highest BCUT2D eigenvalue weighted by molar-refractivity contribution is 6.06. The van der Waals surface area contributed by atoms with Crippen LogP contribution in [-0.2, 0) is 12.7 Å². The number of aromatic nitrogens is 1. The van der Waals surface area contributed by atoms with Crippen molar-refractivity contribution in [3.63, 3.8) is 0 Å². The Hall–Kier alpha value is -4.09. The van der Waals surface area contributed by atoms with E-state index in [0.29, 0.717) is 17.8 Å². The molecule has 1 amide bonds. The lowest BCUT2D eigenvalue weighted by molar-refractivity contribution is -0.137. The second kappa shape index (κ2) is 11.1. The number of alkyl halides is 3. The number of nitrogens with zero attached hydrogens (tertiary/aromatic N) is 3. The molecule has 2 heterocycles. The maximum Gasteiger partial charge on any atom is 0.416 e. The lowest BCUT2D eigenvalue weighted by Gasteiger charge is -2.21. The SMILES string of the molecule is CCN(C)Cc1cc(C(F)(F)F)cc(NC(=O)c2ccc(C)c(N3C=C(c4cccnc4)NN3)c2)c1OC. The zero-order chi connectivity index (χ0) is 27.4. The van der Waals surface area contributed by atoms with Crippen molar-refractivity contribution in [3.05, 3.63) is 88.9 Å². The van der Waals surface area contributed by atoms with Gasteiger partial charge in [-0.2, -0.15) is 13.2 Å². The Bertz CT molecular complexity index is 1340. The molecule has 0 spiro atoms. The number of hydrazine groups is 2. The number of rotatable bonds is 8. The van der Waals surface area contributed by atoms with Gasteiger partial charge in [-0.15, -0.1) is 5.53 Å². The van der Waals surface area contributed by atoms with E-state index < -0.39 is 17.6 Å². The van der Waals surface area contributed by atoms with Crippen LogP contribution in [-0.4, -0.2) is 36.5 Å². The van der Waals surface area contributed by atoms with Crippen molar-refractivity contribution in [1.82, 2.24) is 20.8 Å². The maximum atomic E-state index is 13.7. The number of hydrogen-bond donors (Lipinski definition) is 3. The van der Waals surface area contributed by atoms with Crippen molar-refractivity contribution < 1.29 is 22.7 Å². The number of pyridine rings is 1. The molecule has 0 saturated heterocycles. The zero-order valence-corrected chi connectivity index (χ0v) is 21.5. The number of halogens is 3. The lowest BCUT2D eigenvalue weighted by atomic mass is 10.1. The molecular weight excluding hydrogens is 497 g/mol. The normalized spacial score (nSPS) is 13.4. The third kappa shape index (κ3) is 5.90. The Labute approximate surface area is 219 Å². The van der Waals surface area contributed by atoms with Crippen molar-refractivity contribution in [1.29, 1.82) is 0 Å². The summed E-state index contributed by atoms with van der Waals surface area (Å²) in [5.41, 5.74) is 9.00.